The minimum Gasteiger partial charge on any atom is -0.424 e. The van der Waals surface area contributed by atoms with Crippen LogP contribution in [-0.4, -0.2) is 35.1 Å². The van der Waals surface area contributed by atoms with Gasteiger partial charge in [0.05, 0.1) is 23.0 Å². The first-order valence-corrected chi connectivity index (χ1v) is 10.4. The van der Waals surface area contributed by atoms with Crippen LogP contribution in [0.5, 0.6) is 11.8 Å². The number of carbonyl (C=O) groups is 1. The van der Waals surface area contributed by atoms with Crippen molar-refractivity contribution in [2.24, 2.45) is 0 Å². The molecule has 0 aliphatic heterocycles. The zero-order valence-electron chi connectivity index (χ0n) is 17.5. The summed E-state index contributed by atoms with van der Waals surface area (Å²) in [7, 11) is 3.89. The molecule has 0 bridgehead atoms. The van der Waals surface area contributed by atoms with Gasteiger partial charge in [-0.1, -0.05) is 11.3 Å². The third-order valence-corrected chi connectivity index (χ3v) is 5.44. The van der Waals surface area contributed by atoms with Crippen LogP contribution in [0.2, 0.25) is 0 Å². The minimum absolute atomic E-state index is 0.0226. The van der Waals surface area contributed by atoms with Crippen molar-refractivity contribution in [3.63, 3.8) is 0 Å². The number of aromatic nitrogens is 3. The van der Waals surface area contributed by atoms with Crippen molar-refractivity contribution in [3.05, 3.63) is 72.7 Å². The second kappa shape index (κ2) is 9.57. The van der Waals surface area contributed by atoms with Crippen LogP contribution in [0.25, 0.3) is 10.4 Å². The summed E-state index contributed by atoms with van der Waals surface area (Å²) in [5.74, 6) is -1.05. The molecule has 0 spiro atoms. The Labute approximate surface area is 191 Å². The molecule has 33 heavy (non-hydrogen) atoms. The maximum absolute atomic E-state index is 13.2. The molecule has 4 rings (SSSR count). The van der Waals surface area contributed by atoms with Crippen LogP contribution < -0.4 is 20.3 Å². The second-order valence-electron chi connectivity index (χ2n) is 7.02. The Bertz CT molecular complexity index is 1240. The molecule has 0 unspecified atom stereocenters. The van der Waals surface area contributed by atoms with Gasteiger partial charge in [0.25, 0.3) is 0 Å². The monoisotopic (exact) mass is 468 g/mol. The first kappa shape index (κ1) is 22.1. The first-order valence-electron chi connectivity index (χ1n) is 9.63. The van der Waals surface area contributed by atoms with Gasteiger partial charge in [-0.05, 0) is 42.0 Å². The highest BCUT2D eigenvalue weighted by Crippen LogP contribution is 2.31. The molecule has 2 amide bonds. The number of ether oxygens (including phenoxy) is 1. The molecule has 168 valence electrons. The average Bonchev–Trinajstić information content (AvgIpc) is 3.26. The molecule has 0 atom stereocenters. The molecule has 0 fully saturated rings. The standard InChI is InChI=1S/C22H18F2N6O2S/c1-30(2)22-27-12-19(33-22)13-3-5-18(6-4-13)32-21-25-10-17(11-26-21)29-20(31)28-16-8-14(23)7-15(24)9-16/h3-12H,1-2H3,(H2,28,29,31). The van der Waals surface area contributed by atoms with Crippen molar-refractivity contribution >= 4 is 33.9 Å². The topological polar surface area (TPSA) is 92.3 Å². The van der Waals surface area contributed by atoms with E-state index in [1.54, 1.807) is 23.5 Å². The number of anilines is 3. The second-order valence-corrected chi connectivity index (χ2v) is 8.03. The molecule has 2 aromatic carbocycles. The number of nitrogens with zero attached hydrogens (tertiary/aromatic N) is 4. The fraction of sp³-hybridized carbons (Fsp3) is 0.0909. The SMILES string of the molecule is CN(C)c1ncc(-c2ccc(Oc3ncc(NC(=O)Nc4cc(F)cc(F)c4)cn3)cc2)s1. The number of hydrogen-bond donors (Lipinski definition) is 2. The summed E-state index contributed by atoms with van der Waals surface area (Å²) in [6.45, 7) is 0. The van der Waals surface area contributed by atoms with Gasteiger partial charge in [0.1, 0.15) is 17.4 Å². The van der Waals surface area contributed by atoms with E-state index in [0.717, 1.165) is 27.7 Å². The predicted octanol–water partition coefficient (Wildman–Crippen LogP) is 5.38. The van der Waals surface area contributed by atoms with E-state index in [0.29, 0.717) is 11.8 Å². The Morgan fingerprint density at radius 1 is 0.909 bits per heavy atom. The zero-order valence-corrected chi connectivity index (χ0v) is 18.4. The Hall–Kier alpha value is -4.12. The molecular weight excluding hydrogens is 450 g/mol. The lowest BCUT2D eigenvalue weighted by Crippen LogP contribution is -2.19. The Morgan fingerprint density at radius 3 is 2.15 bits per heavy atom. The summed E-state index contributed by atoms with van der Waals surface area (Å²) >= 11 is 1.58. The third-order valence-electron chi connectivity index (χ3n) is 4.23. The van der Waals surface area contributed by atoms with Gasteiger partial charge in [0.15, 0.2) is 5.13 Å². The van der Waals surface area contributed by atoms with Gasteiger partial charge >= 0.3 is 12.0 Å². The van der Waals surface area contributed by atoms with Crippen LogP contribution in [0, 0.1) is 11.6 Å². The summed E-state index contributed by atoms with van der Waals surface area (Å²) in [4.78, 5) is 27.5. The van der Waals surface area contributed by atoms with Crippen molar-refractivity contribution in [3.8, 4) is 22.2 Å². The molecule has 2 N–H and O–H groups in total. The maximum atomic E-state index is 13.2. The highest BCUT2D eigenvalue weighted by Gasteiger charge is 2.09. The van der Waals surface area contributed by atoms with Crippen LogP contribution in [-0.2, 0) is 0 Å². The number of urea groups is 1. The third kappa shape index (κ3) is 5.77. The van der Waals surface area contributed by atoms with E-state index in [1.165, 1.54) is 12.4 Å². The number of carbonyl (C=O) groups excluding carboxylic acids is 1. The van der Waals surface area contributed by atoms with Crippen LogP contribution in [0.1, 0.15) is 0 Å². The molecular formula is C22H18F2N6O2S. The van der Waals surface area contributed by atoms with E-state index < -0.39 is 17.7 Å². The normalized spacial score (nSPS) is 10.5. The number of thiazole rings is 1. The van der Waals surface area contributed by atoms with Crippen LogP contribution >= 0.6 is 11.3 Å². The number of nitrogens with one attached hydrogen (secondary N) is 2. The van der Waals surface area contributed by atoms with Crippen molar-refractivity contribution in [1.82, 2.24) is 15.0 Å². The average molecular weight is 468 g/mol. The van der Waals surface area contributed by atoms with Crippen molar-refractivity contribution in [2.75, 3.05) is 29.6 Å². The lowest BCUT2D eigenvalue weighted by atomic mass is 10.2. The van der Waals surface area contributed by atoms with Gasteiger partial charge in [0.2, 0.25) is 0 Å². The number of halogens is 2. The minimum atomic E-state index is -0.798. The van der Waals surface area contributed by atoms with Gasteiger partial charge in [-0.25, -0.2) is 28.5 Å². The van der Waals surface area contributed by atoms with E-state index in [2.05, 4.69) is 25.6 Å². The summed E-state index contributed by atoms with van der Waals surface area (Å²) < 4.78 is 32.1. The van der Waals surface area contributed by atoms with Crippen LogP contribution in [0.15, 0.2) is 61.1 Å². The van der Waals surface area contributed by atoms with Crippen molar-refractivity contribution in [1.29, 1.82) is 0 Å². The van der Waals surface area contributed by atoms with Gasteiger partial charge in [-0.3, -0.25) is 0 Å². The summed E-state index contributed by atoms with van der Waals surface area (Å²) in [6.07, 6.45) is 4.52. The lowest BCUT2D eigenvalue weighted by Gasteiger charge is -2.08. The molecule has 4 aromatic rings. The zero-order chi connectivity index (χ0) is 23.4. The van der Waals surface area contributed by atoms with Crippen molar-refractivity contribution in [2.45, 2.75) is 0 Å². The number of rotatable bonds is 6. The quantitative estimate of drug-likeness (QED) is 0.395. The van der Waals surface area contributed by atoms with Gasteiger partial charge in [-0.15, -0.1) is 0 Å². The lowest BCUT2D eigenvalue weighted by molar-refractivity contribution is 0.262. The highest BCUT2D eigenvalue weighted by molar-refractivity contribution is 7.18. The summed E-state index contributed by atoms with van der Waals surface area (Å²) in [5.41, 5.74) is 1.26. The van der Waals surface area contributed by atoms with E-state index in [9.17, 15) is 13.6 Å². The molecule has 0 aliphatic carbocycles. The smallest absolute Gasteiger partial charge is 0.323 e. The van der Waals surface area contributed by atoms with Crippen LogP contribution in [0.3, 0.4) is 0 Å². The molecule has 0 saturated heterocycles. The molecule has 0 saturated carbocycles. The van der Waals surface area contributed by atoms with Gasteiger partial charge in [-0.2, -0.15) is 0 Å². The number of benzene rings is 2. The number of amides is 2. The van der Waals surface area contributed by atoms with E-state index in [-0.39, 0.29) is 17.4 Å². The van der Waals surface area contributed by atoms with E-state index in [1.807, 2.05) is 37.3 Å². The fourth-order valence-electron chi connectivity index (χ4n) is 2.75. The molecule has 0 radical (unpaired) electrons. The Morgan fingerprint density at radius 2 is 1.55 bits per heavy atom. The maximum Gasteiger partial charge on any atom is 0.323 e. The van der Waals surface area contributed by atoms with Crippen LogP contribution in [0.4, 0.5) is 30.1 Å². The van der Waals surface area contributed by atoms with E-state index in [4.69, 9.17) is 4.74 Å². The molecule has 2 heterocycles. The molecule has 2 aromatic heterocycles. The molecule has 8 nitrogen and oxygen atoms in total. The Kier molecular flexibility index (Phi) is 6.41. The largest absolute Gasteiger partial charge is 0.424 e. The fourth-order valence-corrected chi connectivity index (χ4v) is 3.59. The number of hydrogen-bond acceptors (Lipinski definition) is 7. The first-order chi connectivity index (χ1) is 15.9. The predicted molar refractivity (Wildman–Crippen MR) is 123 cm³/mol. The Balaban J connectivity index is 1.34. The summed E-state index contributed by atoms with van der Waals surface area (Å²) in [5, 5.41) is 5.72. The molecule has 11 heteroatoms. The van der Waals surface area contributed by atoms with Gasteiger partial charge < -0.3 is 20.3 Å². The summed E-state index contributed by atoms with van der Waals surface area (Å²) in [6, 6.07) is 9.52. The van der Waals surface area contributed by atoms with E-state index >= 15 is 0 Å². The van der Waals surface area contributed by atoms with Gasteiger partial charge in [0, 0.05) is 32.0 Å². The highest BCUT2D eigenvalue weighted by atomic mass is 32.1. The van der Waals surface area contributed by atoms with Crippen molar-refractivity contribution < 1.29 is 18.3 Å². The molecule has 0 aliphatic rings.